The molecule has 4 amide bonds. The van der Waals surface area contributed by atoms with Crippen molar-refractivity contribution >= 4 is 47.2 Å². The second-order valence-electron chi connectivity index (χ2n) is 23.5. The van der Waals surface area contributed by atoms with Crippen molar-refractivity contribution in [3.05, 3.63) is 71.3 Å². The molecule has 4 aliphatic carbocycles. The van der Waals surface area contributed by atoms with E-state index in [0.29, 0.717) is 60.6 Å². The van der Waals surface area contributed by atoms with Crippen LogP contribution >= 0.6 is 11.8 Å². The number of carbonyl (C=O) groups is 5. The standard InChI is InChI=1S/C60H90N4O8S/c1-39(2)12-10-13-42(6)49-24-25-50-48-23-18-44-37-47(28-31-59(44,7)51(48)29-32-60(49,50)8)70-34-11-33-61-54(65)26-27-55(66)63-53(36-40(3)4)57(68)64-52(30-35-73-9)56(67)62-45-19-16-43(17-20-45)38-71-58(69)72-46-21-14-41(5)15-22-46/h14-22,39-40,42,47-53H,10-13,23-38H2,1-9H3,(H,61,65)(H,62,67)(H,63,66)(H,64,68)/t42-,47+,48+,49-,50+,51+,52+,53+,59+,60-/m1/s1. The fraction of sp³-hybridized carbons (Fsp3) is 0.683. The Bertz CT molecular complexity index is 2160. The highest BCUT2D eigenvalue weighted by Gasteiger charge is 2.59. The van der Waals surface area contributed by atoms with Crippen molar-refractivity contribution in [2.24, 2.45) is 52.3 Å². The van der Waals surface area contributed by atoms with Crippen LogP contribution in [0.3, 0.4) is 0 Å². The van der Waals surface area contributed by atoms with Crippen LogP contribution in [0.1, 0.15) is 162 Å². The number of hydrogen-bond donors (Lipinski definition) is 4. The largest absolute Gasteiger partial charge is 0.514 e. The third-order valence-electron chi connectivity index (χ3n) is 17.2. The molecule has 4 aliphatic rings. The lowest BCUT2D eigenvalue weighted by molar-refractivity contribution is -0.132. The number of hydrogen-bond acceptors (Lipinski definition) is 9. The Morgan fingerprint density at radius 1 is 0.767 bits per heavy atom. The number of ether oxygens (including phenoxy) is 3. The minimum atomic E-state index is -0.880. The Kier molecular flexibility index (Phi) is 21.8. The number of amides is 4. The fourth-order valence-electron chi connectivity index (χ4n) is 13.2. The maximum Gasteiger partial charge on any atom is 0.514 e. The van der Waals surface area contributed by atoms with Crippen LogP contribution in [0.15, 0.2) is 60.2 Å². The summed E-state index contributed by atoms with van der Waals surface area (Å²) in [6.07, 6.45) is 19.6. The summed E-state index contributed by atoms with van der Waals surface area (Å²) in [7, 11) is 0. The van der Waals surface area contributed by atoms with Gasteiger partial charge in [0, 0.05) is 31.7 Å². The molecule has 0 aliphatic heterocycles. The molecule has 404 valence electrons. The molecule has 0 spiro atoms. The number of allylic oxidation sites excluding steroid dienone is 1. The molecule has 0 heterocycles. The molecule has 0 saturated heterocycles. The molecule has 3 saturated carbocycles. The van der Waals surface area contributed by atoms with Crippen LogP contribution in [0, 0.1) is 59.2 Å². The number of carbonyl (C=O) groups excluding carboxylic acids is 5. The van der Waals surface area contributed by atoms with Crippen molar-refractivity contribution in [2.45, 2.75) is 183 Å². The van der Waals surface area contributed by atoms with Gasteiger partial charge in [-0.25, -0.2) is 4.79 Å². The lowest BCUT2D eigenvalue weighted by Crippen LogP contribution is -2.53. The van der Waals surface area contributed by atoms with Gasteiger partial charge in [0.25, 0.3) is 0 Å². The van der Waals surface area contributed by atoms with Crippen LogP contribution in [-0.4, -0.2) is 73.1 Å². The second-order valence-corrected chi connectivity index (χ2v) is 24.4. The number of benzene rings is 2. The topological polar surface area (TPSA) is 161 Å². The highest BCUT2D eigenvalue weighted by molar-refractivity contribution is 7.98. The first-order chi connectivity index (χ1) is 34.9. The number of anilines is 1. The molecule has 2 aromatic rings. The summed E-state index contributed by atoms with van der Waals surface area (Å²) in [6.45, 7) is 19.4. The molecule has 0 bridgehead atoms. The number of aryl methyl sites for hydroxylation is 1. The van der Waals surface area contributed by atoms with Crippen molar-refractivity contribution in [1.82, 2.24) is 16.0 Å². The first kappa shape index (κ1) is 57.9. The van der Waals surface area contributed by atoms with Crippen molar-refractivity contribution in [2.75, 3.05) is 30.5 Å². The molecule has 0 unspecified atom stereocenters. The SMILES string of the molecule is CSCC[C@H](NC(=O)[C@H](CC(C)C)NC(=O)CCC(=O)NCCCO[C@H]1CC[C@@]2(C)C(=CC[C@H]3[C@@H]4CC[C@H]([C@H](C)CCCC(C)C)[C@@]4(C)CC[C@@H]32)C1)C(=O)Nc1ccc(COC(=O)Oc2ccc(C)cc2)cc1. The summed E-state index contributed by atoms with van der Waals surface area (Å²) in [5.74, 6) is 4.58. The number of fused-ring (bicyclic) bond motifs is 5. The van der Waals surface area contributed by atoms with Gasteiger partial charge in [-0.15, -0.1) is 0 Å². The van der Waals surface area contributed by atoms with Gasteiger partial charge in [0.1, 0.15) is 24.4 Å². The highest BCUT2D eigenvalue weighted by atomic mass is 32.2. The van der Waals surface area contributed by atoms with Crippen LogP contribution in [0.2, 0.25) is 0 Å². The fourth-order valence-corrected chi connectivity index (χ4v) is 13.7. The molecule has 12 nitrogen and oxygen atoms in total. The van der Waals surface area contributed by atoms with Gasteiger partial charge in [0.15, 0.2) is 0 Å². The van der Waals surface area contributed by atoms with Crippen LogP contribution < -0.4 is 26.0 Å². The van der Waals surface area contributed by atoms with Gasteiger partial charge in [-0.1, -0.05) is 109 Å². The zero-order valence-electron chi connectivity index (χ0n) is 45.8. The molecular formula is C60H90N4O8S. The molecular weight excluding hydrogens is 937 g/mol. The Morgan fingerprint density at radius 2 is 1.51 bits per heavy atom. The average Bonchev–Trinajstić information content (AvgIpc) is 3.71. The van der Waals surface area contributed by atoms with E-state index >= 15 is 0 Å². The summed E-state index contributed by atoms with van der Waals surface area (Å²) in [4.78, 5) is 65.4. The van der Waals surface area contributed by atoms with Gasteiger partial charge in [-0.3, -0.25) is 19.2 Å². The van der Waals surface area contributed by atoms with Crippen LogP contribution in [0.25, 0.3) is 0 Å². The summed E-state index contributed by atoms with van der Waals surface area (Å²) in [5.41, 5.74) is 4.66. The van der Waals surface area contributed by atoms with E-state index in [9.17, 15) is 24.0 Å². The molecule has 6 rings (SSSR count). The van der Waals surface area contributed by atoms with E-state index in [1.54, 1.807) is 53.7 Å². The lowest BCUT2D eigenvalue weighted by Gasteiger charge is -2.58. The summed E-state index contributed by atoms with van der Waals surface area (Å²) in [6, 6.07) is 12.2. The van der Waals surface area contributed by atoms with E-state index < -0.39 is 36.0 Å². The van der Waals surface area contributed by atoms with Gasteiger partial charge < -0.3 is 35.5 Å². The molecule has 3 fully saturated rings. The Morgan fingerprint density at radius 3 is 2.22 bits per heavy atom. The van der Waals surface area contributed by atoms with Gasteiger partial charge in [0.05, 0.1) is 6.10 Å². The number of thioether (sulfide) groups is 1. The number of rotatable bonds is 26. The summed E-state index contributed by atoms with van der Waals surface area (Å²) < 4.78 is 16.9. The van der Waals surface area contributed by atoms with Crippen molar-refractivity contribution < 1.29 is 38.2 Å². The monoisotopic (exact) mass is 1030 g/mol. The van der Waals surface area contributed by atoms with Crippen LogP contribution in [0.5, 0.6) is 5.75 Å². The molecule has 0 aromatic heterocycles. The van der Waals surface area contributed by atoms with Crippen LogP contribution in [0.4, 0.5) is 10.5 Å². The molecule has 0 radical (unpaired) electrons. The van der Waals surface area contributed by atoms with Gasteiger partial charge in [0.2, 0.25) is 23.6 Å². The highest BCUT2D eigenvalue weighted by Crippen LogP contribution is 2.67. The molecule has 73 heavy (non-hydrogen) atoms. The van der Waals surface area contributed by atoms with Gasteiger partial charge in [-0.05, 0) is 172 Å². The third-order valence-corrected chi connectivity index (χ3v) is 17.9. The molecule has 4 N–H and O–H groups in total. The van der Waals surface area contributed by atoms with Crippen molar-refractivity contribution in [3.8, 4) is 5.75 Å². The molecule has 2 aromatic carbocycles. The van der Waals surface area contributed by atoms with Gasteiger partial charge >= 0.3 is 6.16 Å². The Balaban J connectivity index is 0.883. The Labute approximate surface area is 442 Å². The average molecular weight is 1030 g/mol. The van der Waals surface area contributed by atoms with E-state index in [4.69, 9.17) is 14.2 Å². The zero-order valence-corrected chi connectivity index (χ0v) is 46.6. The van der Waals surface area contributed by atoms with E-state index in [2.05, 4.69) is 62.0 Å². The Hall–Kier alpha value is -4.36. The van der Waals surface area contributed by atoms with E-state index in [0.717, 1.165) is 53.9 Å². The third kappa shape index (κ3) is 16.3. The second kappa shape index (κ2) is 27.4. The van der Waals surface area contributed by atoms with E-state index in [1.807, 2.05) is 39.2 Å². The summed E-state index contributed by atoms with van der Waals surface area (Å²) in [5, 5.41) is 11.5. The minimum Gasteiger partial charge on any atom is -0.429 e. The zero-order chi connectivity index (χ0) is 52.7. The van der Waals surface area contributed by atoms with Crippen LogP contribution in [-0.2, 0) is 35.3 Å². The normalized spacial score (nSPS) is 25.5. The summed E-state index contributed by atoms with van der Waals surface area (Å²) >= 11 is 1.56. The smallest absolute Gasteiger partial charge is 0.429 e. The van der Waals surface area contributed by atoms with Crippen molar-refractivity contribution in [1.29, 1.82) is 0 Å². The minimum absolute atomic E-state index is 0.000592. The number of nitrogens with one attached hydrogen (secondary N) is 4. The first-order valence-electron chi connectivity index (χ1n) is 27.9. The first-order valence-corrected chi connectivity index (χ1v) is 29.2. The van der Waals surface area contributed by atoms with Crippen molar-refractivity contribution in [3.63, 3.8) is 0 Å². The van der Waals surface area contributed by atoms with Gasteiger partial charge in [-0.2, -0.15) is 11.8 Å². The quantitative estimate of drug-likeness (QED) is 0.0311. The molecule has 13 heteroatoms. The predicted molar refractivity (Wildman–Crippen MR) is 293 cm³/mol. The molecule has 10 atom stereocenters. The predicted octanol–water partition coefficient (Wildman–Crippen LogP) is 12.1. The lowest BCUT2D eigenvalue weighted by atomic mass is 9.47. The van der Waals surface area contributed by atoms with E-state index in [1.165, 1.54) is 57.8 Å². The van der Waals surface area contributed by atoms with E-state index in [-0.39, 0.29) is 42.8 Å². The maximum atomic E-state index is 13.7. The maximum absolute atomic E-state index is 13.7.